The van der Waals surface area contributed by atoms with Gasteiger partial charge in [-0.2, -0.15) is 13.2 Å². The number of rotatable bonds is 6. The molecule has 0 aliphatic carbocycles. The first-order valence-electron chi connectivity index (χ1n) is 6.98. The molecule has 6 heteroatoms. The Morgan fingerprint density at radius 3 is 2.14 bits per heavy atom. The second-order valence-corrected chi connectivity index (χ2v) is 4.92. The van der Waals surface area contributed by atoms with Gasteiger partial charge in [-0.1, -0.05) is 19.9 Å². The van der Waals surface area contributed by atoms with Crippen LogP contribution in [0.5, 0.6) is 0 Å². The van der Waals surface area contributed by atoms with E-state index in [1.165, 1.54) is 6.07 Å². The molecule has 2 N–H and O–H groups in total. The van der Waals surface area contributed by atoms with Crippen LogP contribution in [0, 0.1) is 5.82 Å². The highest BCUT2D eigenvalue weighted by molar-refractivity contribution is 5.31. The van der Waals surface area contributed by atoms with Crippen molar-refractivity contribution in [3.05, 3.63) is 35.1 Å². The van der Waals surface area contributed by atoms with Gasteiger partial charge in [-0.15, -0.1) is 0 Å². The summed E-state index contributed by atoms with van der Waals surface area (Å²) in [6, 6.07) is 2.11. The summed E-state index contributed by atoms with van der Waals surface area (Å²) in [5.41, 5.74) is 4.30. The van der Waals surface area contributed by atoms with E-state index in [0.717, 1.165) is 12.1 Å². The molecule has 0 saturated heterocycles. The van der Waals surface area contributed by atoms with E-state index in [-0.39, 0.29) is 5.56 Å². The van der Waals surface area contributed by atoms with Crippen LogP contribution in [0.15, 0.2) is 18.2 Å². The molecule has 0 radical (unpaired) electrons. The highest BCUT2D eigenvalue weighted by atomic mass is 19.4. The van der Waals surface area contributed by atoms with Gasteiger partial charge in [0.2, 0.25) is 0 Å². The van der Waals surface area contributed by atoms with Crippen LogP contribution in [-0.4, -0.2) is 12.2 Å². The van der Waals surface area contributed by atoms with Gasteiger partial charge in [0.15, 0.2) is 0 Å². The first-order valence-corrected chi connectivity index (χ1v) is 6.98. The molecule has 0 amide bonds. The van der Waals surface area contributed by atoms with Crippen LogP contribution in [0.1, 0.15) is 50.8 Å². The molecule has 1 atom stereocenters. The van der Waals surface area contributed by atoms with Crippen molar-refractivity contribution in [2.24, 2.45) is 5.73 Å². The van der Waals surface area contributed by atoms with E-state index in [4.69, 9.17) is 10.5 Å². The highest BCUT2D eigenvalue weighted by Crippen LogP contribution is 2.37. The quantitative estimate of drug-likeness (QED) is 0.789. The number of hydrogen-bond acceptors (Lipinski definition) is 2. The maximum atomic E-state index is 13.3. The average molecular weight is 307 g/mol. The van der Waals surface area contributed by atoms with E-state index in [0.29, 0.717) is 19.4 Å². The van der Waals surface area contributed by atoms with Crippen LogP contribution in [0.3, 0.4) is 0 Å². The summed E-state index contributed by atoms with van der Waals surface area (Å²) in [7, 11) is 0. The Hall–Kier alpha value is -1.14. The standard InChI is InChI=1S/C15H21F4NO/c1-4-14(5-2,21-6-3)13(20)10-7-8-12(16)11(9-10)15(17,18)19/h7-9,13H,4-6,20H2,1-3H3. The van der Waals surface area contributed by atoms with Gasteiger partial charge in [-0.3, -0.25) is 0 Å². The molecule has 0 spiro atoms. The first-order chi connectivity index (χ1) is 9.71. The molecule has 1 unspecified atom stereocenters. The summed E-state index contributed by atoms with van der Waals surface area (Å²) in [6.45, 7) is 5.95. The Morgan fingerprint density at radius 1 is 1.14 bits per heavy atom. The molecule has 120 valence electrons. The monoisotopic (exact) mass is 307 g/mol. The lowest BCUT2D eigenvalue weighted by Crippen LogP contribution is -2.43. The molecular formula is C15H21F4NO. The molecule has 0 fully saturated rings. The predicted octanol–water partition coefficient (Wildman–Crippen LogP) is 4.44. The van der Waals surface area contributed by atoms with Crippen molar-refractivity contribution in [2.45, 2.75) is 51.4 Å². The van der Waals surface area contributed by atoms with Crippen molar-refractivity contribution < 1.29 is 22.3 Å². The molecular weight excluding hydrogens is 286 g/mol. The van der Waals surface area contributed by atoms with Crippen molar-refractivity contribution in [1.29, 1.82) is 0 Å². The summed E-state index contributed by atoms with van der Waals surface area (Å²) < 4.78 is 57.4. The molecule has 0 bridgehead atoms. The van der Waals surface area contributed by atoms with Crippen molar-refractivity contribution in [2.75, 3.05) is 6.61 Å². The van der Waals surface area contributed by atoms with E-state index in [1.54, 1.807) is 6.92 Å². The molecule has 0 aliphatic heterocycles. The zero-order chi connectivity index (χ0) is 16.3. The molecule has 2 nitrogen and oxygen atoms in total. The molecule has 0 saturated carbocycles. The predicted molar refractivity (Wildman–Crippen MR) is 73.3 cm³/mol. The van der Waals surface area contributed by atoms with Gasteiger partial charge in [0.05, 0.1) is 17.2 Å². The maximum absolute atomic E-state index is 13.3. The minimum absolute atomic E-state index is 0.223. The summed E-state index contributed by atoms with van der Waals surface area (Å²) in [6.07, 6.45) is -3.64. The van der Waals surface area contributed by atoms with Gasteiger partial charge in [0, 0.05) is 6.61 Å². The molecule has 21 heavy (non-hydrogen) atoms. The third-order valence-corrected chi connectivity index (χ3v) is 3.85. The Labute approximate surface area is 122 Å². The highest BCUT2D eigenvalue weighted by Gasteiger charge is 2.38. The summed E-state index contributed by atoms with van der Waals surface area (Å²) in [5, 5.41) is 0. The molecule has 0 heterocycles. The van der Waals surface area contributed by atoms with E-state index in [1.807, 2.05) is 13.8 Å². The summed E-state index contributed by atoms with van der Waals surface area (Å²) in [4.78, 5) is 0. The third-order valence-electron chi connectivity index (χ3n) is 3.85. The van der Waals surface area contributed by atoms with Gasteiger partial charge in [0.25, 0.3) is 0 Å². The second-order valence-electron chi connectivity index (χ2n) is 4.92. The lowest BCUT2D eigenvalue weighted by molar-refractivity contribution is -0.140. The Bertz CT molecular complexity index is 469. The Kier molecular flexibility index (Phi) is 5.75. The van der Waals surface area contributed by atoms with E-state index in [2.05, 4.69) is 0 Å². The van der Waals surface area contributed by atoms with E-state index < -0.39 is 29.2 Å². The fourth-order valence-corrected chi connectivity index (χ4v) is 2.53. The molecule has 1 rings (SSSR count). The largest absolute Gasteiger partial charge is 0.419 e. The van der Waals surface area contributed by atoms with Gasteiger partial charge >= 0.3 is 6.18 Å². The molecule has 0 aromatic heterocycles. The van der Waals surface area contributed by atoms with E-state index in [9.17, 15) is 17.6 Å². The number of alkyl halides is 3. The fraction of sp³-hybridized carbons (Fsp3) is 0.600. The van der Waals surface area contributed by atoms with Gasteiger partial charge in [-0.05, 0) is 37.5 Å². The summed E-state index contributed by atoms with van der Waals surface area (Å²) >= 11 is 0. The number of hydrogen-bond donors (Lipinski definition) is 1. The van der Waals surface area contributed by atoms with Crippen molar-refractivity contribution >= 4 is 0 Å². The average Bonchev–Trinajstić information content (AvgIpc) is 2.43. The number of ether oxygens (including phenoxy) is 1. The van der Waals surface area contributed by atoms with Crippen molar-refractivity contribution in [3.63, 3.8) is 0 Å². The lowest BCUT2D eigenvalue weighted by Gasteiger charge is -2.37. The minimum atomic E-state index is -4.74. The SMILES string of the molecule is CCOC(CC)(CC)C(N)c1ccc(F)c(C(F)(F)F)c1. The minimum Gasteiger partial charge on any atom is -0.373 e. The molecule has 0 aliphatic rings. The van der Waals surface area contributed by atoms with Gasteiger partial charge < -0.3 is 10.5 Å². The molecule has 1 aromatic carbocycles. The zero-order valence-corrected chi connectivity index (χ0v) is 12.4. The van der Waals surface area contributed by atoms with Crippen LogP contribution < -0.4 is 5.73 Å². The second kappa shape index (κ2) is 6.75. The van der Waals surface area contributed by atoms with Gasteiger partial charge in [-0.25, -0.2) is 4.39 Å². The smallest absolute Gasteiger partial charge is 0.373 e. The van der Waals surface area contributed by atoms with Gasteiger partial charge in [0.1, 0.15) is 5.82 Å². The van der Waals surface area contributed by atoms with Crippen LogP contribution in [-0.2, 0) is 10.9 Å². The fourth-order valence-electron chi connectivity index (χ4n) is 2.53. The van der Waals surface area contributed by atoms with Crippen LogP contribution in [0.25, 0.3) is 0 Å². The van der Waals surface area contributed by atoms with Crippen LogP contribution in [0.4, 0.5) is 17.6 Å². The Balaban J connectivity index is 3.26. The lowest BCUT2D eigenvalue weighted by atomic mass is 9.84. The first kappa shape index (κ1) is 17.9. The van der Waals surface area contributed by atoms with Crippen molar-refractivity contribution in [3.8, 4) is 0 Å². The molecule has 1 aromatic rings. The third kappa shape index (κ3) is 3.74. The maximum Gasteiger partial charge on any atom is 0.419 e. The number of nitrogens with two attached hydrogens (primary N) is 1. The zero-order valence-electron chi connectivity index (χ0n) is 12.4. The summed E-state index contributed by atoms with van der Waals surface area (Å²) in [5.74, 6) is -1.30. The number of benzene rings is 1. The number of halogens is 4. The van der Waals surface area contributed by atoms with E-state index >= 15 is 0 Å². The van der Waals surface area contributed by atoms with Crippen LogP contribution >= 0.6 is 0 Å². The van der Waals surface area contributed by atoms with Crippen LogP contribution in [0.2, 0.25) is 0 Å². The van der Waals surface area contributed by atoms with Crippen molar-refractivity contribution in [1.82, 2.24) is 0 Å². The Morgan fingerprint density at radius 2 is 1.71 bits per heavy atom. The normalized spacial score (nSPS) is 14.3. The topological polar surface area (TPSA) is 35.2 Å².